The number of fused-ring (bicyclic) bond motifs is 1. The van der Waals surface area contributed by atoms with E-state index in [0.29, 0.717) is 16.6 Å². The maximum Gasteiger partial charge on any atom is 0.140 e. The number of halogens is 2. The Balaban J connectivity index is 0.000000586. The second-order valence-corrected chi connectivity index (χ2v) is 10.5. The van der Waals surface area contributed by atoms with Crippen LogP contribution in [0.2, 0.25) is 10.0 Å². The fourth-order valence-electron chi connectivity index (χ4n) is 4.25. The molecule has 4 aromatic rings. The van der Waals surface area contributed by atoms with Crippen LogP contribution in [0.25, 0.3) is 28.0 Å². The lowest BCUT2D eigenvalue weighted by Crippen LogP contribution is -2.36. The van der Waals surface area contributed by atoms with Crippen LogP contribution in [0.3, 0.4) is 0 Å². The highest BCUT2D eigenvalue weighted by molar-refractivity contribution is 6.36. The fraction of sp³-hybridized carbons (Fsp3) is 0.379. The zero-order valence-electron chi connectivity index (χ0n) is 22.0. The summed E-state index contributed by atoms with van der Waals surface area (Å²) in [6, 6.07) is 9.66. The first-order chi connectivity index (χ1) is 17.8. The standard InChI is InChI=1S/C24H23Cl2N5O.C5H12/c1-15-19(11-27)20(18-4-3-17(25)10-21(18)26)14-31-22(13-29-24(15)31)16-2-5-23(28-12-16)30-6-8-32-9-7-30;1-4-5(2)3/h2-5,10,12-14H,6-9,11,27H2,1H3;5H,4H2,1-3H3. The van der Waals surface area contributed by atoms with Gasteiger partial charge in [0.15, 0.2) is 0 Å². The molecule has 0 saturated carbocycles. The maximum atomic E-state index is 6.54. The van der Waals surface area contributed by atoms with Gasteiger partial charge in [-0.1, -0.05) is 56.5 Å². The Labute approximate surface area is 229 Å². The van der Waals surface area contributed by atoms with Gasteiger partial charge in [0.25, 0.3) is 0 Å². The highest BCUT2D eigenvalue weighted by Crippen LogP contribution is 2.36. The van der Waals surface area contributed by atoms with Gasteiger partial charge in [-0.15, -0.1) is 0 Å². The monoisotopic (exact) mass is 539 g/mol. The Morgan fingerprint density at radius 1 is 1.03 bits per heavy atom. The van der Waals surface area contributed by atoms with E-state index >= 15 is 0 Å². The number of nitrogens with two attached hydrogens (primary N) is 1. The highest BCUT2D eigenvalue weighted by atomic mass is 35.5. The van der Waals surface area contributed by atoms with Crippen LogP contribution in [0.1, 0.15) is 38.3 Å². The van der Waals surface area contributed by atoms with Crippen LogP contribution < -0.4 is 10.6 Å². The van der Waals surface area contributed by atoms with Gasteiger partial charge in [0.1, 0.15) is 11.5 Å². The minimum Gasteiger partial charge on any atom is -0.378 e. The Kier molecular flexibility index (Phi) is 9.08. The molecule has 0 atom stereocenters. The Hall–Kier alpha value is -2.64. The normalized spacial score (nSPS) is 13.7. The number of imidazole rings is 1. The summed E-state index contributed by atoms with van der Waals surface area (Å²) in [6.07, 6.45) is 7.13. The van der Waals surface area contributed by atoms with Gasteiger partial charge in [0, 0.05) is 58.8 Å². The van der Waals surface area contributed by atoms with Gasteiger partial charge in [-0.3, -0.25) is 4.40 Å². The third-order valence-corrected chi connectivity index (χ3v) is 7.34. The molecule has 1 fully saturated rings. The molecule has 0 bridgehead atoms. The van der Waals surface area contributed by atoms with Gasteiger partial charge >= 0.3 is 0 Å². The lowest BCUT2D eigenvalue weighted by Gasteiger charge is -2.27. The lowest BCUT2D eigenvalue weighted by molar-refractivity contribution is 0.122. The maximum absolute atomic E-state index is 6.54. The molecule has 6 nitrogen and oxygen atoms in total. The molecule has 1 aliphatic rings. The van der Waals surface area contributed by atoms with Gasteiger partial charge in [0.2, 0.25) is 0 Å². The number of hydrogen-bond acceptors (Lipinski definition) is 5. The molecule has 0 unspecified atom stereocenters. The van der Waals surface area contributed by atoms with E-state index < -0.39 is 0 Å². The number of aryl methyl sites for hydroxylation is 1. The molecule has 5 rings (SSSR count). The zero-order valence-corrected chi connectivity index (χ0v) is 23.5. The van der Waals surface area contributed by atoms with E-state index in [-0.39, 0.29) is 0 Å². The van der Waals surface area contributed by atoms with Crippen LogP contribution in [0.5, 0.6) is 0 Å². The van der Waals surface area contributed by atoms with Crippen LogP contribution in [-0.4, -0.2) is 40.7 Å². The van der Waals surface area contributed by atoms with Crippen LogP contribution in [0, 0.1) is 12.8 Å². The molecule has 1 saturated heterocycles. The zero-order chi connectivity index (χ0) is 26.5. The summed E-state index contributed by atoms with van der Waals surface area (Å²) in [5, 5.41) is 1.18. The fourth-order valence-corrected chi connectivity index (χ4v) is 4.76. The van der Waals surface area contributed by atoms with Crippen molar-refractivity contribution in [3.8, 4) is 22.4 Å². The highest BCUT2D eigenvalue weighted by Gasteiger charge is 2.18. The van der Waals surface area contributed by atoms with Crippen LogP contribution in [0.4, 0.5) is 5.82 Å². The van der Waals surface area contributed by atoms with Crippen molar-refractivity contribution in [1.29, 1.82) is 0 Å². The summed E-state index contributed by atoms with van der Waals surface area (Å²) < 4.78 is 7.52. The van der Waals surface area contributed by atoms with Gasteiger partial charge < -0.3 is 15.4 Å². The van der Waals surface area contributed by atoms with E-state index in [0.717, 1.165) is 77.2 Å². The van der Waals surface area contributed by atoms with E-state index in [2.05, 4.69) is 53.4 Å². The quantitative estimate of drug-likeness (QED) is 0.295. The first kappa shape index (κ1) is 27.4. The second kappa shape index (κ2) is 12.3. The minimum absolute atomic E-state index is 0.384. The topological polar surface area (TPSA) is 68.7 Å². The van der Waals surface area contributed by atoms with Gasteiger partial charge in [0.05, 0.1) is 25.1 Å². The van der Waals surface area contributed by atoms with E-state index in [1.54, 1.807) is 6.07 Å². The number of anilines is 1. The third kappa shape index (κ3) is 6.10. The van der Waals surface area contributed by atoms with E-state index in [9.17, 15) is 0 Å². The second-order valence-electron chi connectivity index (χ2n) is 9.62. The van der Waals surface area contributed by atoms with Crippen molar-refractivity contribution in [3.05, 3.63) is 70.1 Å². The van der Waals surface area contributed by atoms with Crippen LogP contribution >= 0.6 is 23.2 Å². The summed E-state index contributed by atoms with van der Waals surface area (Å²) in [5.74, 6) is 1.84. The number of hydrogen-bond donors (Lipinski definition) is 1. The summed E-state index contributed by atoms with van der Waals surface area (Å²) in [7, 11) is 0. The van der Waals surface area contributed by atoms with Crippen LogP contribution in [-0.2, 0) is 11.3 Å². The lowest BCUT2D eigenvalue weighted by atomic mass is 9.98. The van der Waals surface area contributed by atoms with E-state index in [1.807, 2.05) is 31.5 Å². The number of nitrogens with zero attached hydrogens (tertiary/aromatic N) is 4. The Morgan fingerprint density at radius 3 is 2.35 bits per heavy atom. The smallest absolute Gasteiger partial charge is 0.140 e. The predicted octanol–water partition coefficient (Wildman–Crippen LogP) is 7.03. The molecule has 0 spiro atoms. The van der Waals surface area contributed by atoms with Crippen molar-refractivity contribution in [2.45, 2.75) is 40.7 Å². The number of morpholine rings is 1. The number of ether oxygens (including phenoxy) is 1. The summed E-state index contributed by atoms with van der Waals surface area (Å²) in [6.45, 7) is 12.2. The Morgan fingerprint density at radius 2 is 1.76 bits per heavy atom. The first-order valence-corrected chi connectivity index (χ1v) is 13.5. The first-order valence-electron chi connectivity index (χ1n) is 12.8. The SMILES string of the molecule is CCC(C)C.Cc1c(CN)c(-c2ccc(Cl)cc2Cl)cn2c(-c3ccc(N4CCOCC4)nc3)cnc12. The van der Waals surface area contributed by atoms with Crippen LogP contribution in [0.15, 0.2) is 48.9 Å². The molecular formula is C29H35Cl2N5O. The molecule has 0 amide bonds. The average Bonchev–Trinajstić information content (AvgIpc) is 3.34. The van der Waals surface area contributed by atoms with Crippen molar-refractivity contribution in [1.82, 2.24) is 14.4 Å². The molecule has 2 N–H and O–H groups in total. The molecule has 0 aliphatic carbocycles. The van der Waals surface area contributed by atoms with Crippen molar-refractivity contribution in [3.63, 3.8) is 0 Å². The van der Waals surface area contributed by atoms with Gasteiger partial charge in [-0.05, 0) is 48.2 Å². The van der Waals surface area contributed by atoms with Crippen molar-refractivity contribution >= 4 is 34.7 Å². The largest absolute Gasteiger partial charge is 0.378 e. The number of aromatic nitrogens is 3. The molecule has 196 valence electrons. The number of rotatable bonds is 5. The van der Waals surface area contributed by atoms with E-state index in [1.165, 1.54) is 6.42 Å². The summed E-state index contributed by atoms with van der Waals surface area (Å²) >= 11 is 12.7. The van der Waals surface area contributed by atoms with Crippen molar-refractivity contribution in [2.75, 3.05) is 31.2 Å². The van der Waals surface area contributed by atoms with Crippen molar-refractivity contribution in [2.24, 2.45) is 11.7 Å². The minimum atomic E-state index is 0.384. The summed E-state index contributed by atoms with van der Waals surface area (Å²) in [5.41, 5.74) is 12.8. The molecule has 8 heteroatoms. The molecule has 1 aromatic carbocycles. The average molecular weight is 541 g/mol. The van der Waals surface area contributed by atoms with Gasteiger partial charge in [-0.25, -0.2) is 9.97 Å². The van der Waals surface area contributed by atoms with E-state index in [4.69, 9.17) is 38.7 Å². The third-order valence-electron chi connectivity index (χ3n) is 6.79. The molecule has 1 aliphatic heterocycles. The number of benzene rings is 1. The van der Waals surface area contributed by atoms with Gasteiger partial charge in [-0.2, -0.15) is 0 Å². The molecular weight excluding hydrogens is 505 g/mol. The molecule has 0 radical (unpaired) electrons. The summed E-state index contributed by atoms with van der Waals surface area (Å²) in [4.78, 5) is 11.6. The molecule has 4 heterocycles. The molecule has 37 heavy (non-hydrogen) atoms. The predicted molar refractivity (Wildman–Crippen MR) is 155 cm³/mol. The Bertz CT molecular complexity index is 1340. The number of pyridine rings is 2. The molecule has 3 aromatic heterocycles. The van der Waals surface area contributed by atoms with Crippen molar-refractivity contribution < 1.29 is 4.74 Å².